The second-order valence-corrected chi connectivity index (χ2v) is 9.66. The molecule has 0 spiro atoms. The zero-order valence-corrected chi connectivity index (χ0v) is 20.0. The molecule has 1 aliphatic heterocycles. The largest absolute Gasteiger partial charge is 0.326 e. The number of nitrogens with one attached hydrogen (secondary N) is 1. The van der Waals surface area contributed by atoms with E-state index in [0.29, 0.717) is 10.8 Å². The molecule has 1 amide bonds. The molecular formula is C25H22ClN5OS. The predicted octanol–water partition coefficient (Wildman–Crippen LogP) is 5.83. The molecule has 1 atom stereocenters. The molecular weight excluding hydrogens is 454 g/mol. The number of thiophene rings is 1. The summed E-state index contributed by atoms with van der Waals surface area (Å²) < 4.78 is 2.05. The number of nitrogens with zero attached hydrogens (tertiary/aromatic N) is 4. The second-order valence-electron chi connectivity index (χ2n) is 8.02. The molecule has 6 nitrogen and oxygen atoms in total. The molecule has 8 heteroatoms. The fourth-order valence-electron chi connectivity index (χ4n) is 4.04. The van der Waals surface area contributed by atoms with Crippen LogP contribution in [0.15, 0.2) is 59.6 Å². The minimum atomic E-state index is -0.486. The van der Waals surface area contributed by atoms with Crippen molar-refractivity contribution in [2.75, 3.05) is 5.32 Å². The Kier molecular flexibility index (Phi) is 5.60. The van der Waals surface area contributed by atoms with Gasteiger partial charge in [0.25, 0.3) is 0 Å². The molecule has 0 bridgehead atoms. The first kappa shape index (κ1) is 21.6. The van der Waals surface area contributed by atoms with Crippen LogP contribution in [-0.2, 0) is 4.79 Å². The van der Waals surface area contributed by atoms with Crippen molar-refractivity contribution in [3.05, 3.63) is 92.8 Å². The average molecular weight is 476 g/mol. The van der Waals surface area contributed by atoms with E-state index in [4.69, 9.17) is 16.6 Å². The third kappa shape index (κ3) is 3.98. The Morgan fingerprint density at radius 3 is 2.52 bits per heavy atom. The number of carbonyl (C=O) groups is 1. The number of aromatic nitrogens is 3. The SMILES string of the molecule is Cc1sc2c(c1C)C(c1ccc(Cl)cc1)=N[C@@H](CC(=O)Nc1ccccc1)c1nnc(C)n1-2. The van der Waals surface area contributed by atoms with Crippen LogP contribution in [0.5, 0.6) is 0 Å². The van der Waals surface area contributed by atoms with Gasteiger partial charge in [-0.2, -0.15) is 0 Å². The lowest BCUT2D eigenvalue weighted by Gasteiger charge is -2.13. The van der Waals surface area contributed by atoms with Gasteiger partial charge >= 0.3 is 0 Å². The van der Waals surface area contributed by atoms with E-state index in [0.717, 1.165) is 38.9 Å². The lowest BCUT2D eigenvalue weighted by molar-refractivity contribution is -0.116. The van der Waals surface area contributed by atoms with Crippen molar-refractivity contribution in [2.24, 2.45) is 4.99 Å². The Morgan fingerprint density at radius 1 is 1.06 bits per heavy atom. The molecule has 4 aromatic rings. The number of rotatable bonds is 4. The normalized spacial score (nSPS) is 14.8. The number of carbonyl (C=O) groups excluding carboxylic acids is 1. The maximum atomic E-state index is 13.0. The number of halogens is 1. The smallest absolute Gasteiger partial charge is 0.227 e. The molecule has 1 aliphatic rings. The molecule has 33 heavy (non-hydrogen) atoms. The van der Waals surface area contributed by atoms with Crippen LogP contribution in [0.1, 0.15) is 45.7 Å². The van der Waals surface area contributed by atoms with E-state index in [2.05, 4.69) is 29.4 Å². The van der Waals surface area contributed by atoms with Crippen molar-refractivity contribution >= 4 is 40.2 Å². The zero-order chi connectivity index (χ0) is 23.1. The highest BCUT2D eigenvalue weighted by molar-refractivity contribution is 7.15. The van der Waals surface area contributed by atoms with Crippen LogP contribution < -0.4 is 5.32 Å². The van der Waals surface area contributed by atoms with E-state index in [1.54, 1.807) is 11.3 Å². The Balaban J connectivity index is 1.64. The quantitative estimate of drug-likeness (QED) is 0.403. The highest BCUT2D eigenvalue weighted by Gasteiger charge is 2.32. The number of fused-ring (bicyclic) bond motifs is 3. The van der Waals surface area contributed by atoms with Gasteiger partial charge in [-0.15, -0.1) is 21.5 Å². The molecule has 3 heterocycles. The van der Waals surface area contributed by atoms with Crippen LogP contribution in [0, 0.1) is 20.8 Å². The Hall–Kier alpha value is -3.29. The molecule has 5 rings (SSSR count). The van der Waals surface area contributed by atoms with Crippen LogP contribution >= 0.6 is 22.9 Å². The lowest BCUT2D eigenvalue weighted by Crippen LogP contribution is -2.17. The maximum absolute atomic E-state index is 13.0. The third-order valence-corrected chi connectivity index (χ3v) is 7.24. The van der Waals surface area contributed by atoms with Crippen molar-refractivity contribution in [3.63, 3.8) is 0 Å². The highest BCUT2D eigenvalue weighted by Crippen LogP contribution is 2.39. The first-order valence-electron chi connectivity index (χ1n) is 10.6. The highest BCUT2D eigenvalue weighted by atomic mass is 35.5. The van der Waals surface area contributed by atoms with Gasteiger partial charge in [0.15, 0.2) is 5.82 Å². The molecule has 0 saturated heterocycles. The molecule has 0 fully saturated rings. The summed E-state index contributed by atoms with van der Waals surface area (Å²) in [6.45, 7) is 6.15. The Bertz CT molecular complexity index is 1370. The summed E-state index contributed by atoms with van der Waals surface area (Å²) in [5.41, 5.74) is 4.76. The van der Waals surface area contributed by atoms with Crippen LogP contribution in [0.25, 0.3) is 5.00 Å². The van der Waals surface area contributed by atoms with Crippen molar-refractivity contribution in [2.45, 2.75) is 33.2 Å². The predicted molar refractivity (Wildman–Crippen MR) is 133 cm³/mol. The van der Waals surface area contributed by atoms with E-state index in [-0.39, 0.29) is 12.3 Å². The topological polar surface area (TPSA) is 72.2 Å². The molecule has 2 aromatic carbocycles. The van der Waals surface area contributed by atoms with Crippen LogP contribution in [-0.4, -0.2) is 26.4 Å². The number of aliphatic imine (C=N–C) groups is 1. The molecule has 0 unspecified atom stereocenters. The van der Waals surface area contributed by atoms with Gasteiger partial charge in [0.2, 0.25) is 5.91 Å². The first-order chi connectivity index (χ1) is 15.9. The van der Waals surface area contributed by atoms with Gasteiger partial charge in [-0.05, 0) is 50.6 Å². The molecule has 166 valence electrons. The summed E-state index contributed by atoms with van der Waals surface area (Å²) in [6.07, 6.45) is 0.150. The summed E-state index contributed by atoms with van der Waals surface area (Å²) in [7, 11) is 0. The molecule has 0 aliphatic carbocycles. The van der Waals surface area contributed by atoms with Gasteiger partial charge in [0.1, 0.15) is 16.9 Å². The Labute approximate surface area is 201 Å². The maximum Gasteiger partial charge on any atom is 0.227 e. The van der Waals surface area contributed by atoms with Crippen LogP contribution in [0.3, 0.4) is 0 Å². The summed E-state index contributed by atoms with van der Waals surface area (Å²) >= 11 is 7.85. The number of para-hydroxylation sites is 1. The number of amides is 1. The standard InChI is InChI=1S/C25H22ClN5OS/c1-14-15(2)33-25-22(14)23(17-9-11-18(26)12-10-17)28-20(24-30-29-16(3)31(24)25)13-21(32)27-19-7-5-4-6-8-19/h4-12,20H,13H2,1-3H3,(H,27,32)/t20-/m0/s1. The number of hydrogen-bond donors (Lipinski definition) is 1. The van der Waals surface area contributed by atoms with Gasteiger partial charge in [-0.1, -0.05) is 41.9 Å². The third-order valence-electron chi connectivity index (χ3n) is 5.79. The average Bonchev–Trinajstić information content (AvgIpc) is 3.27. The van der Waals surface area contributed by atoms with E-state index < -0.39 is 6.04 Å². The summed E-state index contributed by atoms with van der Waals surface area (Å²) in [4.78, 5) is 19.3. The molecule has 0 radical (unpaired) electrons. The zero-order valence-electron chi connectivity index (χ0n) is 18.5. The fourth-order valence-corrected chi connectivity index (χ4v) is 5.38. The van der Waals surface area contributed by atoms with Gasteiger partial charge in [0, 0.05) is 26.7 Å². The van der Waals surface area contributed by atoms with Gasteiger partial charge in [-0.25, -0.2) is 0 Å². The van der Waals surface area contributed by atoms with Crippen LogP contribution in [0.4, 0.5) is 5.69 Å². The van der Waals surface area contributed by atoms with Crippen molar-refractivity contribution in [3.8, 4) is 5.00 Å². The number of benzene rings is 2. The summed E-state index contributed by atoms with van der Waals surface area (Å²) in [5, 5.41) is 13.4. The molecule has 0 saturated carbocycles. The Morgan fingerprint density at radius 2 is 1.79 bits per heavy atom. The van der Waals surface area contributed by atoms with Crippen LogP contribution in [0.2, 0.25) is 5.02 Å². The second kappa shape index (κ2) is 8.57. The van der Waals surface area contributed by atoms with Gasteiger partial charge in [-0.3, -0.25) is 14.4 Å². The lowest BCUT2D eigenvalue weighted by atomic mass is 9.99. The minimum Gasteiger partial charge on any atom is -0.326 e. The molecule has 2 aromatic heterocycles. The van der Waals surface area contributed by atoms with Crippen molar-refractivity contribution in [1.29, 1.82) is 0 Å². The van der Waals surface area contributed by atoms with Crippen molar-refractivity contribution < 1.29 is 4.79 Å². The minimum absolute atomic E-state index is 0.129. The van der Waals surface area contributed by atoms with E-state index in [1.807, 2.05) is 66.1 Å². The van der Waals surface area contributed by atoms with Gasteiger partial charge < -0.3 is 5.32 Å². The monoisotopic (exact) mass is 475 g/mol. The number of hydrogen-bond acceptors (Lipinski definition) is 5. The van der Waals surface area contributed by atoms with Crippen molar-refractivity contribution in [1.82, 2.24) is 14.8 Å². The van der Waals surface area contributed by atoms with Gasteiger partial charge in [0.05, 0.1) is 12.1 Å². The number of anilines is 1. The fraction of sp³-hybridized carbons (Fsp3) is 0.200. The van der Waals surface area contributed by atoms with E-state index in [1.165, 1.54) is 4.88 Å². The molecule has 1 N–H and O–H groups in total. The first-order valence-corrected chi connectivity index (χ1v) is 11.8. The summed E-state index contributed by atoms with van der Waals surface area (Å²) in [6, 6.07) is 16.6. The van der Waals surface area contributed by atoms with E-state index in [9.17, 15) is 4.79 Å². The van der Waals surface area contributed by atoms with E-state index >= 15 is 0 Å². The number of aryl methyl sites for hydroxylation is 2. The summed E-state index contributed by atoms with van der Waals surface area (Å²) in [5.74, 6) is 1.31.